The number of methoxy groups -OCH3 is 1. The van der Waals surface area contributed by atoms with Gasteiger partial charge in [0.05, 0.1) is 12.3 Å². The van der Waals surface area contributed by atoms with E-state index in [1.165, 1.54) is 12.1 Å². The fourth-order valence-corrected chi connectivity index (χ4v) is 2.03. The molecule has 0 aliphatic carbocycles. The second kappa shape index (κ2) is 9.52. The summed E-state index contributed by atoms with van der Waals surface area (Å²) in [5.74, 6) is 0.299. The summed E-state index contributed by atoms with van der Waals surface area (Å²) in [5, 5.41) is 5.48. The van der Waals surface area contributed by atoms with Crippen LogP contribution in [0.4, 0.5) is 14.9 Å². The van der Waals surface area contributed by atoms with Gasteiger partial charge in [0.25, 0.3) is 0 Å². The number of nitrogens with one attached hydrogen (secondary N) is 2. The summed E-state index contributed by atoms with van der Waals surface area (Å²) < 4.78 is 23.5. The Morgan fingerprint density at radius 1 is 1.08 bits per heavy atom. The van der Waals surface area contributed by atoms with Gasteiger partial charge in [0, 0.05) is 26.7 Å². The lowest BCUT2D eigenvalue weighted by Gasteiger charge is -2.13. The highest BCUT2D eigenvalue weighted by Gasteiger charge is 2.07. The molecule has 0 aromatic heterocycles. The molecule has 0 aliphatic heterocycles. The van der Waals surface area contributed by atoms with E-state index >= 15 is 0 Å². The molecule has 0 unspecified atom stereocenters. The van der Waals surface area contributed by atoms with Crippen molar-refractivity contribution in [1.82, 2.24) is 5.32 Å². The number of benzene rings is 2. The summed E-state index contributed by atoms with van der Waals surface area (Å²) in [4.78, 5) is 12.0. The quantitative estimate of drug-likeness (QED) is 0.727. The summed E-state index contributed by atoms with van der Waals surface area (Å²) >= 11 is 0. The first-order chi connectivity index (χ1) is 11.7. The Labute approximate surface area is 140 Å². The molecule has 0 radical (unpaired) electrons. The van der Waals surface area contributed by atoms with E-state index in [9.17, 15) is 9.18 Å². The van der Waals surface area contributed by atoms with Crippen molar-refractivity contribution < 1.29 is 18.7 Å². The van der Waals surface area contributed by atoms with E-state index in [-0.39, 0.29) is 11.8 Å². The fraction of sp³-hybridized carbons (Fsp3) is 0.278. The lowest BCUT2D eigenvalue weighted by atomic mass is 10.2. The first-order valence-electron chi connectivity index (χ1n) is 7.69. The minimum absolute atomic E-state index is 0.303. The van der Waals surface area contributed by atoms with Crippen LogP contribution in [0.1, 0.15) is 12.0 Å². The number of anilines is 1. The van der Waals surface area contributed by atoms with E-state index < -0.39 is 0 Å². The summed E-state index contributed by atoms with van der Waals surface area (Å²) in [5.41, 5.74) is 1.40. The second-order valence-electron chi connectivity index (χ2n) is 5.13. The van der Waals surface area contributed by atoms with E-state index in [4.69, 9.17) is 9.47 Å². The Kier molecular flexibility index (Phi) is 7.04. The molecule has 128 valence electrons. The van der Waals surface area contributed by atoms with Crippen molar-refractivity contribution in [2.24, 2.45) is 0 Å². The molecule has 0 saturated carbocycles. The zero-order valence-electron chi connectivity index (χ0n) is 13.5. The van der Waals surface area contributed by atoms with Gasteiger partial charge in [-0.2, -0.15) is 0 Å². The Bertz CT molecular complexity index is 647. The van der Waals surface area contributed by atoms with Gasteiger partial charge in [-0.25, -0.2) is 9.18 Å². The zero-order valence-corrected chi connectivity index (χ0v) is 13.5. The van der Waals surface area contributed by atoms with E-state index in [1.54, 1.807) is 31.4 Å². The van der Waals surface area contributed by atoms with Crippen molar-refractivity contribution in [2.45, 2.75) is 13.0 Å². The second-order valence-corrected chi connectivity index (χ2v) is 5.13. The van der Waals surface area contributed by atoms with Crippen molar-refractivity contribution >= 4 is 11.7 Å². The number of rotatable bonds is 8. The summed E-state index contributed by atoms with van der Waals surface area (Å²) in [6, 6.07) is 12.8. The van der Waals surface area contributed by atoms with E-state index in [2.05, 4.69) is 10.6 Å². The van der Waals surface area contributed by atoms with Crippen LogP contribution in [-0.2, 0) is 11.3 Å². The van der Waals surface area contributed by atoms with Crippen LogP contribution < -0.4 is 15.4 Å². The predicted octanol–water partition coefficient (Wildman–Crippen LogP) is 3.56. The van der Waals surface area contributed by atoms with Gasteiger partial charge in [-0.3, -0.25) is 0 Å². The molecular weight excluding hydrogens is 311 g/mol. The van der Waals surface area contributed by atoms with Crippen LogP contribution in [0.5, 0.6) is 5.75 Å². The summed E-state index contributed by atoms with van der Waals surface area (Å²) in [6.07, 6.45) is 0.765. The average Bonchev–Trinajstić information content (AvgIpc) is 2.59. The number of halogens is 1. The molecule has 2 N–H and O–H groups in total. The molecule has 2 amide bonds. The largest absolute Gasteiger partial charge is 0.491 e. The average molecular weight is 332 g/mol. The summed E-state index contributed by atoms with van der Waals surface area (Å²) in [6.45, 7) is 1.43. The molecule has 0 spiro atoms. The van der Waals surface area contributed by atoms with Gasteiger partial charge in [0.1, 0.15) is 11.6 Å². The van der Waals surface area contributed by atoms with Crippen molar-refractivity contribution in [3.8, 4) is 5.75 Å². The molecule has 0 aliphatic rings. The molecule has 0 saturated heterocycles. The molecule has 2 aromatic rings. The fourth-order valence-electron chi connectivity index (χ4n) is 2.03. The van der Waals surface area contributed by atoms with Crippen molar-refractivity contribution in [2.75, 3.05) is 25.6 Å². The normalized spacial score (nSPS) is 10.2. The van der Waals surface area contributed by atoms with E-state index in [0.29, 0.717) is 31.2 Å². The van der Waals surface area contributed by atoms with Gasteiger partial charge < -0.3 is 20.1 Å². The molecule has 5 nitrogen and oxygen atoms in total. The van der Waals surface area contributed by atoms with Crippen LogP contribution in [0, 0.1) is 5.82 Å². The molecule has 2 aromatic carbocycles. The number of carbonyl (C=O) groups is 1. The van der Waals surface area contributed by atoms with Gasteiger partial charge in [-0.1, -0.05) is 24.3 Å². The van der Waals surface area contributed by atoms with Crippen LogP contribution in [-0.4, -0.2) is 26.4 Å². The number of hydrogen-bond acceptors (Lipinski definition) is 3. The van der Waals surface area contributed by atoms with Gasteiger partial charge in [0.2, 0.25) is 0 Å². The highest BCUT2D eigenvalue weighted by Crippen LogP contribution is 2.23. The van der Waals surface area contributed by atoms with Crippen molar-refractivity contribution in [1.29, 1.82) is 0 Å². The topological polar surface area (TPSA) is 59.6 Å². The molecule has 0 bridgehead atoms. The van der Waals surface area contributed by atoms with Gasteiger partial charge in [0.15, 0.2) is 0 Å². The van der Waals surface area contributed by atoms with E-state index in [1.807, 2.05) is 12.1 Å². The minimum Gasteiger partial charge on any atom is -0.491 e. The molecule has 0 fully saturated rings. The Hall–Kier alpha value is -2.60. The lowest BCUT2D eigenvalue weighted by Crippen LogP contribution is -2.28. The number of para-hydroxylation sites is 2. The monoisotopic (exact) mass is 332 g/mol. The number of ether oxygens (including phenoxy) is 2. The maximum absolute atomic E-state index is 12.8. The first-order valence-corrected chi connectivity index (χ1v) is 7.69. The molecule has 0 atom stereocenters. The highest BCUT2D eigenvalue weighted by atomic mass is 19.1. The maximum Gasteiger partial charge on any atom is 0.319 e. The van der Waals surface area contributed by atoms with Crippen molar-refractivity contribution in [3.05, 3.63) is 59.9 Å². The standard InChI is InChI=1S/C18H21FN2O3/c1-23-11-4-12-24-17-6-3-2-5-16(17)21-18(22)20-13-14-7-9-15(19)10-8-14/h2-3,5-10H,4,11-13H2,1H3,(H2,20,21,22). The Morgan fingerprint density at radius 2 is 1.83 bits per heavy atom. The third kappa shape index (κ3) is 5.89. The van der Waals surface area contributed by atoms with Gasteiger partial charge >= 0.3 is 6.03 Å². The third-order valence-corrected chi connectivity index (χ3v) is 3.25. The third-order valence-electron chi connectivity index (χ3n) is 3.25. The highest BCUT2D eigenvalue weighted by molar-refractivity contribution is 5.90. The molecule has 24 heavy (non-hydrogen) atoms. The zero-order chi connectivity index (χ0) is 17.2. The minimum atomic E-state index is -0.354. The molecular formula is C18H21FN2O3. The van der Waals surface area contributed by atoms with Crippen LogP contribution in [0.2, 0.25) is 0 Å². The van der Waals surface area contributed by atoms with Crippen LogP contribution in [0.15, 0.2) is 48.5 Å². The lowest BCUT2D eigenvalue weighted by molar-refractivity contribution is 0.172. The molecule has 6 heteroatoms. The number of amides is 2. The number of urea groups is 1. The first kappa shape index (κ1) is 17.7. The molecule has 0 heterocycles. The van der Waals surface area contributed by atoms with Gasteiger partial charge in [-0.05, 0) is 29.8 Å². The Morgan fingerprint density at radius 3 is 2.58 bits per heavy atom. The predicted molar refractivity (Wildman–Crippen MR) is 90.7 cm³/mol. The van der Waals surface area contributed by atoms with Crippen LogP contribution in [0.3, 0.4) is 0 Å². The van der Waals surface area contributed by atoms with Gasteiger partial charge in [-0.15, -0.1) is 0 Å². The maximum atomic E-state index is 12.8. The number of hydrogen-bond donors (Lipinski definition) is 2. The van der Waals surface area contributed by atoms with E-state index in [0.717, 1.165) is 12.0 Å². The van der Waals surface area contributed by atoms with Crippen LogP contribution in [0.25, 0.3) is 0 Å². The summed E-state index contributed by atoms with van der Waals surface area (Å²) in [7, 11) is 1.64. The smallest absolute Gasteiger partial charge is 0.319 e. The molecule has 2 rings (SSSR count). The SMILES string of the molecule is COCCCOc1ccccc1NC(=O)NCc1ccc(F)cc1. The van der Waals surface area contributed by atoms with Crippen molar-refractivity contribution in [3.63, 3.8) is 0 Å². The number of carbonyl (C=O) groups excluding carboxylic acids is 1. The Balaban J connectivity index is 1.85. The van der Waals surface area contributed by atoms with Crippen LogP contribution >= 0.6 is 0 Å².